The van der Waals surface area contributed by atoms with E-state index in [0.29, 0.717) is 41.9 Å². The molecule has 4 aromatic rings. The molecule has 1 atom stereocenters. The molecule has 2 aromatic heterocycles. The Labute approximate surface area is 193 Å². The first kappa shape index (κ1) is 20.8. The number of nitrogen functional groups attached to an aromatic ring is 1. The van der Waals surface area contributed by atoms with Gasteiger partial charge in [-0.1, -0.05) is 23.7 Å². The van der Waals surface area contributed by atoms with Gasteiger partial charge in [0.05, 0.1) is 16.4 Å². The second-order valence-electron chi connectivity index (χ2n) is 7.83. The van der Waals surface area contributed by atoms with E-state index in [1.807, 2.05) is 42.5 Å². The number of piperazine rings is 1. The van der Waals surface area contributed by atoms with E-state index in [-0.39, 0.29) is 11.9 Å². The average Bonchev–Trinajstić information content (AvgIpc) is 3.22. The number of benzene rings is 2. The van der Waals surface area contributed by atoms with E-state index in [1.54, 1.807) is 4.90 Å². The number of carbonyl (C=O) groups excluding carboxylic acids is 2. The van der Waals surface area contributed by atoms with Gasteiger partial charge in [-0.25, -0.2) is 9.97 Å². The standard InChI is InChI=1S/C23H20ClN5O2S/c24-16-3-2-15-8-21(32-20(15)9-16)23(31)29-6-5-28(17(11-29)12-30)10-14-1-4-18-19(7-14)26-13-27-22(18)25/h1-4,7-9,12-13,17H,5-6,10-11H2,(H2,25,26,27). The van der Waals surface area contributed by atoms with Crippen molar-refractivity contribution >= 4 is 61.9 Å². The Bertz CT molecular complexity index is 1340. The summed E-state index contributed by atoms with van der Waals surface area (Å²) in [7, 11) is 0. The topological polar surface area (TPSA) is 92.4 Å². The van der Waals surface area contributed by atoms with Crippen molar-refractivity contribution in [1.29, 1.82) is 0 Å². The van der Waals surface area contributed by atoms with Gasteiger partial charge in [0.2, 0.25) is 0 Å². The second kappa shape index (κ2) is 8.46. The van der Waals surface area contributed by atoms with Crippen molar-refractivity contribution in [3.63, 3.8) is 0 Å². The van der Waals surface area contributed by atoms with Crippen molar-refractivity contribution in [2.45, 2.75) is 12.6 Å². The van der Waals surface area contributed by atoms with Crippen LogP contribution >= 0.6 is 22.9 Å². The van der Waals surface area contributed by atoms with E-state index in [4.69, 9.17) is 17.3 Å². The molecule has 0 aliphatic carbocycles. The van der Waals surface area contributed by atoms with Crippen molar-refractivity contribution in [1.82, 2.24) is 19.8 Å². The van der Waals surface area contributed by atoms with Gasteiger partial charge < -0.3 is 15.4 Å². The van der Waals surface area contributed by atoms with E-state index in [2.05, 4.69) is 14.9 Å². The Hall–Kier alpha value is -3.07. The van der Waals surface area contributed by atoms with Crippen molar-refractivity contribution in [2.75, 3.05) is 25.4 Å². The lowest BCUT2D eigenvalue weighted by molar-refractivity contribution is -0.114. The number of nitrogens with zero attached hydrogens (tertiary/aromatic N) is 4. The lowest BCUT2D eigenvalue weighted by Crippen LogP contribution is -2.54. The van der Waals surface area contributed by atoms with Crippen LogP contribution < -0.4 is 5.73 Å². The van der Waals surface area contributed by atoms with E-state index < -0.39 is 0 Å². The number of halogens is 1. The first-order valence-electron chi connectivity index (χ1n) is 10.2. The van der Waals surface area contributed by atoms with Crippen LogP contribution in [0.4, 0.5) is 5.82 Å². The van der Waals surface area contributed by atoms with E-state index in [0.717, 1.165) is 32.8 Å². The zero-order valence-corrected chi connectivity index (χ0v) is 18.6. The first-order chi connectivity index (χ1) is 15.5. The highest BCUT2D eigenvalue weighted by Crippen LogP contribution is 2.29. The fourth-order valence-corrected chi connectivity index (χ4v) is 5.39. The predicted octanol–water partition coefficient (Wildman–Crippen LogP) is 3.61. The summed E-state index contributed by atoms with van der Waals surface area (Å²) in [5.41, 5.74) is 7.71. The van der Waals surface area contributed by atoms with Gasteiger partial charge in [0.25, 0.3) is 5.91 Å². The number of rotatable bonds is 4. The third-order valence-electron chi connectivity index (χ3n) is 5.79. The SMILES string of the molecule is Nc1ncnc2cc(CN3CCN(C(=O)c4cc5ccc(Cl)cc5s4)CC3C=O)ccc12. The van der Waals surface area contributed by atoms with E-state index >= 15 is 0 Å². The molecular formula is C23H20ClN5O2S. The van der Waals surface area contributed by atoms with Gasteiger partial charge in [0.1, 0.15) is 18.4 Å². The molecule has 1 fully saturated rings. The smallest absolute Gasteiger partial charge is 0.264 e. The molecule has 5 rings (SSSR count). The van der Waals surface area contributed by atoms with Crippen molar-refractivity contribution in [3.05, 3.63) is 64.3 Å². The minimum Gasteiger partial charge on any atom is -0.383 e. The monoisotopic (exact) mass is 465 g/mol. The number of carbonyl (C=O) groups is 2. The Balaban J connectivity index is 1.31. The quantitative estimate of drug-likeness (QED) is 0.463. The normalized spacial score (nSPS) is 17.2. The van der Waals surface area contributed by atoms with Gasteiger partial charge in [-0.05, 0) is 41.3 Å². The number of hydrogen-bond acceptors (Lipinski definition) is 7. The minimum atomic E-state index is -0.373. The molecule has 1 unspecified atom stereocenters. The van der Waals surface area contributed by atoms with Crippen LogP contribution in [0.15, 0.2) is 48.8 Å². The van der Waals surface area contributed by atoms with E-state index in [9.17, 15) is 9.59 Å². The van der Waals surface area contributed by atoms with Crippen LogP contribution in [0.5, 0.6) is 0 Å². The molecule has 2 aromatic carbocycles. The van der Waals surface area contributed by atoms with Gasteiger partial charge in [-0.15, -0.1) is 11.3 Å². The van der Waals surface area contributed by atoms with Crippen LogP contribution in [-0.2, 0) is 11.3 Å². The molecule has 9 heteroatoms. The van der Waals surface area contributed by atoms with Crippen LogP contribution in [0.25, 0.3) is 21.0 Å². The summed E-state index contributed by atoms with van der Waals surface area (Å²) >= 11 is 7.50. The van der Waals surface area contributed by atoms with Crippen molar-refractivity contribution in [3.8, 4) is 0 Å². The third kappa shape index (κ3) is 3.92. The third-order valence-corrected chi connectivity index (χ3v) is 7.11. The Morgan fingerprint density at radius 1 is 1.19 bits per heavy atom. The fourth-order valence-electron chi connectivity index (χ4n) is 4.08. The summed E-state index contributed by atoms with van der Waals surface area (Å²) in [6, 6.07) is 13.0. The number of thiophene rings is 1. The number of nitrogens with two attached hydrogens (primary N) is 1. The predicted molar refractivity (Wildman–Crippen MR) is 127 cm³/mol. The Kier molecular flexibility index (Phi) is 5.50. The number of fused-ring (bicyclic) bond motifs is 2. The highest BCUT2D eigenvalue weighted by Gasteiger charge is 2.30. The minimum absolute atomic E-state index is 0.0493. The van der Waals surface area contributed by atoms with Gasteiger partial charge in [-0.2, -0.15) is 0 Å². The van der Waals surface area contributed by atoms with Crippen LogP contribution in [-0.4, -0.2) is 57.6 Å². The molecule has 7 nitrogen and oxygen atoms in total. The molecule has 0 radical (unpaired) electrons. The zero-order chi connectivity index (χ0) is 22.2. The number of anilines is 1. The number of aldehydes is 1. The maximum atomic E-state index is 13.1. The molecule has 1 amide bonds. The van der Waals surface area contributed by atoms with Gasteiger partial charge in [0, 0.05) is 41.3 Å². The first-order valence-corrected chi connectivity index (χ1v) is 11.4. The van der Waals surface area contributed by atoms with Crippen LogP contribution in [0, 0.1) is 0 Å². The van der Waals surface area contributed by atoms with E-state index in [1.165, 1.54) is 17.7 Å². The molecule has 162 valence electrons. The Morgan fingerprint density at radius 3 is 2.91 bits per heavy atom. The summed E-state index contributed by atoms with van der Waals surface area (Å²) in [6.07, 6.45) is 2.37. The van der Waals surface area contributed by atoms with Crippen molar-refractivity contribution in [2.24, 2.45) is 0 Å². The molecule has 2 N–H and O–H groups in total. The molecule has 0 saturated carbocycles. The average molecular weight is 466 g/mol. The molecule has 1 aliphatic heterocycles. The highest BCUT2D eigenvalue weighted by atomic mass is 35.5. The number of aromatic nitrogens is 2. The second-order valence-corrected chi connectivity index (χ2v) is 9.35. The zero-order valence-electron chi connectivity index (χ0n) is 17.1. The lowest BCUT2D eigenvalue weighted by atomic mass is 10.1. The molecule has 0 bridgehead atoms. The van der Waals surface area contributed by atoms with Crippen molar-refractivity contribution < 1.29 is 9.59 Å². The van der Waals surface area contributed by atoms with Crippen LogP contribution in [0.1, 0.15) is 15.2 Å². The molecule has 3 heterocycles. The summed E-state index contributed by atoms with van der Waals surface area (Å²) in [5, 5.41) is 2.45. The number of amides is 1. The highest BCUT2D eigenvalue weighted by molar-refractivity contribution is 7.20. The summed E-state index contributed by atoms with van der Waals surface area (Å²) < 4.78 is 0.979. The summed E-state index contributed by atoms with van der Waals surface area (Å²) in [6.45, 7) is 2.11. The summed E-state index contributed by atoms with van der Waals surface area (Å²) in [5.74, 6) is 0.398. The van der Waals surface area contributed by atoms with Gasteiger partial charge in [0.15, 0.2) is 0 Å². The Morgan fingerprint density at radius 2 is 2.06 bits per heavy atom. The summed E-state index contributed by atoms with van der Waals surface area (Å²) in [4.78, 5) is 37.8. The lowest BCUT2D eigenvalue weighted by Gasteiger charge is -2.38. The fraction of sp³-hybridized carbons (Fsp3) is 0.217. The molecule has 1 aliphatic rings. The molecular weight excluding hydrogens is 446 g/mol. The van der Waals surface area contributed by atoms with Crippen LogP contribution in [0.2, 0.25) is 5.02 Å². The molecule has 1 saturated heterocycles. The maximum absolute atomic E-state index is 13.1. The number of hydrogen-bond donors (Lipinski definition) is 1. The molecule has 32 heavy (non-hydrogen) atoms. The van der Waals surface area contributed by atoms with Crippen LogP contribution in [0.3, 0.4) is 0 Å². The van der Waals surface area contributed by atoms with Gasteiger partial charge in [-0.3, -0.25) is 9.69 Å². The largest absolute Gasteiger partial charge is 0.383 e. The van der Waals surface area contributed by atoms with Gasteiger partial charge >= 0.3 is 0 Å². The maximum Gasteiger partial charge on any atom is 0.264 e. The molecule has 0 spiro atoms.